The minimum absolute atomic E-state index is 0.103. The molecule has 0 saturated carbocycles. The quantitative estimate of drug-likeness (QED) is 0.281. The van der Waals surface area contributed by atoms with Gasteiger partial charge >= 0.3 is 0 Å². The molecule has 0 unspecified atom stereocenters. The highest BCUT2D eigenvalue weighted by Gasteiger charge is 2.19. The van der Waals surface area contributed by atoms with Crippen molar-refractivity contribution in [1.29, 1.82) is 0 Å². The molecule has 2 aromatic carbocycles. The van der Waals surface area contributed by atoms with Crippen LogP contribution < -0.4 is 0 Å². The summed E-state index contributed by atoms with van der Waals surface area (Å²) in [5.41, 5.74) is 2.09. The van der Waals surface area contributed by atoms with Crippen LogP contribution in [0.15, 0.2) is 75.6 Å². The van der Waals surface area contributed by atoms with Gasteiger partial charge in [-0.15, -0.1) is 11.8 Å². The third-order valence-corrected chi connectivity index (χ3v) is 7.10. The van der Waals surface area contributed by atoms with Gasteiger partial charge < -0.3 is 4.98 Å². The third kappa shape index (κ3) is 3.91. The van der Waals surface area contributed by atoms with E-state index in [4.69, 9.17) is 12.2 Å². The van der Waals surface area contributed by atoms with Crippen LogP contribution in [0.2, 0.25) is 0 Å². The van der Waals surface area contributed by atoms with Crippen molar-refractivity contribution in [2.75, 3.05) is 0 Å². The van der Waals surface area contributed by atoms with Gasteiger partial charge in [0.1, 0.15) is 0 Å². The number of fused-ring (bicyclic) bond motifs is 2. The van der Waals surface area contributed by atoms with E-state index >= 15 is 0 Å². The fourth-order valence-electron chi connectivity index (χ4n) is 2.92. The molecule has 0 aliphatic carbocycles. The molecule has 4 aromatic rings. The molecule has 0 saturated heterocycles. The fraction of sp³-hybridized carbons (Fsp3) is 0.182. The summed E-state index contributed by atoms with van der Waals surface area (Å²) in [5, 5.41) is 2.27. The topological polar surface area (TPSA) is 28.7 Å². The van der Waals surface area contributed by atoms with Crippen LogP contribution in [0.5, 0.6) is 0 Å². The molecule has 0 atom stereocenters. The van der Waals surface area contributed by atoms with Crippen LogP contribution >= 0.6 is 35.7 Å². The average molecular weight is 409 g/mol. The zero-order valence-electron chi connectivity index (χ0n) is 15.4. The number of nitrogens with one attached hydrogen (secondary N) is 1. The number of thioether (sulfide) groups is 1. The van der Waals surface area contributed by atoms with Crippen molar-refractivity contribution in [3.63, 3.8) is 0 Å². The highest BCUT2D eigenvalue weighted by Crippen LogP contribution is 2.44. The van der Waals surface area contributed by atoms with E-state index < -0.39 is 0 Å². The van der Waals surface area contributed by atoms with Gasteiger partial charge in [0.25, 0.3) is 0 Å². The van der Waals surface area contributed by atoms with Gasteiger partial charge in [-0.2, -0.15) is 0 Å². The first-order valence-electron chi connectivity index (χ1n) is 8.77. The van der Waals surface area contributed by atoms with E-state index in [1.54, 1.807) is 11.8 Å². The van der Waals surface area contributed by atoms with E-state index in [0.717, 1.165) is 30.7 Å². The average Bonchev–Trinajstić information content (AvgIpc) is 2.65. The molecule has 0 spiro atoms. The minimum Gasteiger partial charge on any atom is -0.360 e. The predicted octanol–water partition coefficient (Wildman–Crippen LogP) is 7.49. The number of H-pyrrole nitrogens is 1. The van der Waals surface area contributed by atoms with E-state index in [-0.39, 0.29) is 4.75 Å². The Balaban J connectivity index is 1.86. The number of benzene rings is 2. The van der Waals surface area contributed by atoms with Crippen molar-refractivity contribution < 1.29 is 0 Å². The molecule has 2 nitrogen and oxygen atoms in total. The normalized spacial score (nSPS) is 12.0. The third-order valence-electron chi connectivity index (χ3n) is 4.08. The molecule has 5 heteroatoms. The largest absolute Gasteiger partial charge is 0.360 e. The van der Waals surface area contributed by atoms with E-state index in [9.17, 15) is 0 Å². The van der Waals surface area contributed by atoms with Gasteiger partial charge in [0.15, 0.2) is 0 Å². The maximum Gasteiger partial charge on any atom is 0.0714 e. The zero-order chi connectivity index (χ0) is 19.0. The maximum absolute atomic E-state index is 5.77. The van der Waals surface area contributed by atoms with Gasteiger partial charge in [-0.3, -0.25) is 4.98 Å². The van der Waals surface area contributed by atoms with Crippen LogP contribution in [0, 0.1) is 4.51 Å². The van der Waals surface area contributed by atoms with Crippen molar-refractivity contribution in [3.8, 4) is 0 Å². The second-order valence-corrected chi connectivity index (χ2v) is 10.6. The first-order chi connectivity index (χ1) is 12.9. The number of nitrogens with zero attached hydrogens (tertiary/aromatic N) is 1. The van der Waals surface area contributed by atoms with Crippen molar-refractivity contribution in [2.24, 2.45) is 0 Å². The first kappa shape index (κ1) is 18.5. The smallest absolute Gasteiger partial charge is 0.0714 e. The van der Waals surface area contributed by atoms with E-state index in [2.05, 4.69) is 61.1 Å². The molecule has 2 heterocycles. The number of rotatable bonds is 3. The van der Waals surface area contributed by atoms with Crippen LogP contribution in [-0.2, 0) is 0 Å². The lowest BCUT2D eigenvalue weighted by atomic mass is 10.2. The van der Waals surface area contributed by atoms with Crippen LogP contribution in [0.25, 0.3) is 21.8 Å². The summed E-state index contributed by atoms with van der Waals surface area (Å²) in [6.45, 7) is 6.72. The van der Waals surface area contributed by atoms with Gasteiger partial charge in [0.2, 0.25) is 0 Å². The van der Waals surface area contributed by atoms with Crippen molar-refractivity contribution in [1.82, 2.24) is 9.97 Å². The Kier molecular flexibility index (Phi) is 5.01. The Morgan fingerprint density at radius 2 is 1.63 bits per heavy atom. The van der Waals surface area contributed by atoms with Gasteiger partial charge in [-0.25, -0.2) is 0 Å². The molecular formula is C22H20N2S3. The molecule has 0 aliphatic heterocycles. The Morgan fingerprint density at radius 3 is 2.41 bits per heavy atom. The number of hydrogen-bond acceptors (Lipinski definition) is 4. The van der Waals surface area contributed by atoms with Gasteiger partial charge in [-0.1, -0.05) is 81.1 Å². The molecule has 1 N–H and O–H groups in total. The minimum atomic E-state index is 0.103. The summed E-state index contributed by atoms with van der Waals surface area (Å²) in [6, 6.07) is 16.5. The van der Waals surface area contributed by atoms with Crippen LogP contribution in [0.4, 0.5) is 0 Å². The van der Waals surface area contributed by atoms with E-state index in [1.807, 2.05) is 42.4 Å². The lowest BCUT2D eigenvalue weighted by Gasteiger charge is -2.21. The zero-order valence-corrected chi connectivity index (χ0v) is 17.9. The summed E-state index contributed by atoms with van der Waals surface area (Å²) >= 11 is 9.35. The molecule has 4 rings (SSSR count). The Morgan fingerprint density at radius 1 is 0.926 bits per heavy atom. The fourth-order valence-corrected chi connectivity index (χ4v) is 5.45. The van der Waals surface area contributed by atoms with E-state index in [1.165, 1.54) is 10.3 Å². The van der Waals surface area contributed by atoms with Crippen molar-refractivity contribution in [2.45, 2.75) is 40.2 Å². The lowest BCUT2D eigenvalue weighted by molar-refractivity contribution is 0.801. The SMILES string of the molecule is CC(C)(C)Sc1c(Sc2c[nH]c3ccccc3c2=S)cnc2ccccc12. The lowest BCUT2D eigenvalue weighted by Crippen LogP contribution is -2.07. The summed E-state index contributed by atoms with van der Waals surface area (Å²) in [7, 11) is 0. The molecule has 27 heavy (non-hydrogen) atoms. The molecule has 0 fully saturated rings. The maximum atomic E-state index is 5.77. The van der Waals surface area contributed by atoms with Gasteiger partial charge in [-0.05, 0) is 12.1 Å². The predicted molar refractivity (Wildman–Crippen MR) is 121 cm³/mol. The second-order valence-electron chi connectivity index (χ2n) is 7.31. The molecule has 0 amide bonds. The summed E-state index contributed by atoms with van der Waals surface area (Å²) in [6.07, 6.45) is 3.99. The molecule has 136 valence electrons. The highest BCUT2D eigenvalue weighted by atomic mass is 32.2. The number of pyridine rings is 2. The van der Waals surface area contributed by atoms with Gasteiger partial charge in [0, 0.05) is 48.1 Å². The Hall–Kier alpha value is -1.82. The summed E-state index contributed by atoms with van der Waals surface area (Å²) in [5.74, 6) is 0. The standard InChI is InChI=1S/C22H20N2S3/c1-22(2,3)27-21-15-9-5-7-11-17(15)24-13-19(21)26-18-12-23-16-10-6-4-8-14(16)20(18)25/h4-13H,1-3H3,(H,23,25). The number of para-hydroxylation sites is 2. The van der Waals surface area contributed by atoms with Gasteiger partial charge in [0.05, 0.1) is 10.0 Å². The molecule has 0 aliphatic rings. The summed E-state index contributed by atoms with van der Waals surface area (Å²) in [4.78, 5) is 11.5. The van der Waals surface area contributed by atoms with Crippen LogP contribution in [0.3, 0.4) is 0 Å². The number of aromatic nitrogens is 2. The molecule has 2 aromatic heterocycles. The van der Waals surface area contributed by atoms with Crippen LogP contribution in [0.1, 0.15) is 20.8 Å². The molecule has 0 radical (unpaired) electrons. The molecule has 0 bridgehead atoms. The second kappa shape index (κ2) is 7.30. The monoisotopic (exact) mass is 408 g/mol. The Labute approximate surface area is 172 Å². The van der Waals surface area contributed by atoms with Crippen molar-refractivity contribution in [3.05, 3.63) is 65.4 Å². The first-order valence-corrected chi connectivity index (χ1v) is 10.8. The Bertz CT molecular complexity index is 1190. The number of aromatic amines is 1. The van der Waals surface area contributed by atoms with E-state index in [0.29, 0.717) is 0 Å². The molecular weight excluding hydrogens is 388 g/mol. The number of hydrogen-bond donors (Lipinski definition) is 1. The van der Waals surface area contributed by atoms with Crippen LogP contribution in [-0.4, -0.2) is 14.7 Å². The summed E-state index contributed by atoms with van der Waals surface area (Å²) < 4.78 is 0.986. The highest BCUT2D eigenvalue weighted by molar-refractivity contribution is 8.03. The van der Waals surface area contributed by atoms with Crippen molar-refractivity contribution >= 4 is 57.5 Å².